The number of sulfonamides is 1. The molecule has 0 atom stereocenters. The Bertz CT molecular complexity index is 495. The molecule has 88 valence electrons. The number of hydrogen-bond acceptors (Lipinski definition) is 3. The van der Waals surface area contributed by atoms with Crippen LogP contribution in [0.1, 0.15) is 0 Å². The van der Waals surface area contributed by atoms with Crippen molar-refractivity contribution in [3.8, 4) is 0 Å². The van der Waals surface area contributed by atoms with Gasteiger partial charge in [0.25, 0.3) is 0 Å². The molecule has 0 aliphatic rings. The zero-order chi connectivity index (χ0) is 12.3. The van der Waals surface area contributed by atoms with Crippen molar-refractivity contribution in [2.75, 3.05) is 10.5 Å². The molecule has 0 spiro atoms. The van der Waals surface area contributed by atoms with Gasteiger partial charge in [-0.25, -0.2) is 17.2 Å². The van der Waals surface area contributed by atoms with Crippen molar-refractivity contribution >= 4 is 21.7 Å². The van der Waals surface area contributed by atoms with Gasteiger partial charge in [0.15, 0.2) is 5.75 Å². The summed E-state index contributed by atoms with van der Waals surface area (Å²) in [6, 6.07) is 2.75. The predicted molar refractivity (Wildman–Crippen MR) is 51.4 cm³/mol. The van der Waals surface area contributed by atoms with E-state index in [1.807, 2.05) is 0 Å². The van der Waals surface area contributed by atoms with Crippen LogP contribution in [-0.2, 0) is 14.8 Å². The number of carboxylic acids is 1. The fourth-order valence-electron chi connectivity index (χ4n) is 0.949. The van der Waals surface area contributed by atoms with Crippen molar-refractivity contribution in [3.63, 3.8) is 0 Å². The lowest BCUT2D eigenvalue weighted by molar-refractivity contribution is -0.134. The largest absolute Gasteiger partial charge is 0.480 e. The summed E-state index contributed by atoms with van der Waals surface area (Å²) in [7, 11) is -4.31. The minimum absolute atomic E-state index is 0.849. The van der Waals surface area contributed by atoms with Gasteiger partial charge in [0.05, 0.1) is 0 Å². The molecule has 0 aliphatic carbocycles. The molecule has 0 heterocycles. The number of rotatable bonds is 4. The Morgan fingerprint density at radius 2 is 1.81 bits per heavy atom. The highest BCUT2D eigenvalue weighted by Crippen LogP contribution is 2.19. The second-order valence-electron chi connectivity index (χ2n) is 2.85. The van der Waals surface area contributed by atoms with Crippen LogP contribution in [-0.4, -0.2) is 25.2 Å². The van der Waals surface area contributed by atoms with Crippen molar-refractivity contribution in [1.29, 1.82) is 0 Å². The lowest BCUT2D eigenvalue weighted by atomic mass is 10.3. The molecule has 0 fully saturated rings. The summed E-state index contributed by atoms with van der Waals surface area (Å²) in [6.45, 7) is 0. The molecule has 0 bridgehead atoms. The van der Waals surface area contributed by atoms with Gasteiger partial charge in [0.1, 0.15) is 17.3 Å². The molecular weight excluding hydrogens is 244 g/mol. The summed E-state index contributed by atoms with van der Waals surface area (Å²) in [5, 5.41) is 8.26. The number of anilines is 1. The minimum Gasteiger partial charge on any atom is -0.480 e. The zero-order valence-electron chi connectivity index (χ0n) is 7.78. The van der Waals surface area contributed by atoms with E-state index >= 15 is 0 Å². The van der Waals surface area contributed by atoms with E-state index in [-0.39, 0.29) is 0 Å². The van der Waals surface area contributed by atoms with Crippen LogP contribution < -0.4 is 4.72 Å². The summed E-state index contributed by atoms with van der Waals surface area (Å²) in [5.74, 6) is -5.12. The average Bonchev–Trinajstić information content (AvgIpc) is 2.09. The molecule has 8 heteroatoms. The summed E-state index contributed by atoms with van der Waals surface area (Å²) < 4.78 is 49.7. The zero-order valence-corrected chi connectivity index (χ0v) is 8.59. The van der Waals surface area contributed by atoms with Gasteiger partial charge in [-0.3, -0.25) is 9.52 Å². The van der Waals surface area contributed by atoms with Gasteiger partial charge in [-0.15, -0.1) is 0 Å². The molecular formula is C8H7F2NO4S. The number of halogens is 2. The lowest BCUT2D eigenvalue weighted by Crippen LogP contribution is -2.23. The monoisotopic (exact) mass is 251 g/mol. The van der Waals surface area contributed by atoms with E-state index in [4.69, 9.17) is 5.11 Å². The van der Waals surface area contributed by atoms with Gasteiger partial charge >= 0.3 is 5.97 Å². The fraction of sp³-hybridized carbons (Fsp3) is 0.125. The van der Waals surface area contributed by atoms with Gasteiger partial charge < -0.3 is 5.11 Å². The summed E-state index contributed by atoms with van der Waals surface area (Å²) >= 11 is 0. The highest BCUT2D eigenvalue weighted by Gasteiger charge is 2.19. The minimum atomic E-state index is -4.31. The molecule has 1 aromatic rings. The van der Waals surface area contributed by atoms with Crippen molar-refractivity contribution in [1.82, 2.24) is 0 Å². The van der Waals surface area contributed by atoms with E-state index < -0.39 is 39.1 Å². The molecule has 0 radical (unpaired) electrons. The third kappa shape index (κ3) is 3.16. The van der Waals surface area contributed by atoms with Crippen LogP contribution in [0.2, 0.25) is 0 Å². The Labute approximate surface area is 89.8 Å². The first-order valence-electron chi connectivity index (χ1n) is 3.98. The normalized spacial score (nSPS) is 11.1. The van der Waals surface area contributed by atoms with E-state index in [0.29, 0.717) is 0 Å². The molecule has 1 rings (SSSR count). The Morgan fingerprint density at radius 3 is 2.25 bits per heavy atom. The molecule has 0 saturated heterocycles. The van der Waals surface area contributed by atoms with Gasteiger partial charge in [0.2, 0.25) is 10.0 Å². The van der Waals surface area contributed by atoms with Crippen molar-refractivity contribution in [2.24, 2.45) is 0 Å². The van der Waals surface area contributed by atoms with E-state index in [2.05, 4.69) is 0 Å². The molecule has 0 unspecified atom stereocenters. The van der Waals surface area contributed by atoms with E-state index in [0.717, 1.165) is 18.2 Å². The number of para-hydroxylation sites is 1. The van der Waals surface area contributed by atoms with Gasteiger partial charge in [-0.2, -0.15) is 0 Å². The molecule has 0 aromatic heterocycles. The number of carbonyl (C=O) groups is 1. The van der Waals surface area contributed by atoms with Crippen molar-refractivity contribution in [3.05, 3.63) is 29.8 Å². The first kappa shape index (κ1) is 12.4. The van der Waals surface area contributed by atoms with Gasteiger partial charge in [-0.05, 0) is 12.1 Å². The Kier molecular flexibility index (Phi) is 3.43. The van der Waals surface area contributed by atoms with E-state index in [1.54, 1.807) is 0 Å². The lowest BCUT2D eigenvalue weighted by Gasteiger charge is -2.07. The first-order chi connectivity index (χ1) is 7.32. The number of benzene rings is 1. The van der Waals surface area contributed by atoms with E-state index in [1.165, 1.54) is 4.72 Å². The number of carboxylic acid groups (broad SMARTS) is 1. The SMILES string of the molecule is O=C(O)CS(=O)(=O)Nc1c(F)cccc1F. The maximum atomic E-state index is 13.0. The quantitative estimate of drug-likeness (QED) is 0.828. The van der Waals surface area contributed by atoms with Gasteiger partial charge in [-0.1, -0.05) is 6.07 Å². The average molecular weight is 251 g/mol. The molecule has 0 amide bonds. The molecule has 0 saturated carbocycles. The maximum absolute atomic E-state index is 13.0. The molecule has 5 nitrogen and oxygen atoms in total. The molecule has 1 aromatic carbocycles. The maximum Gasteiger partial charge on any atom is 0.320 e. The second-order valence-corrected chi connectivity index (χ2v) is 4.57. The van der Waals surface area contributed by atoms with Crippen LogP contribution in [0, 0.1) is 11.6 Å². The van der Waals surface area contributed by atoms with Crippen molar-refractivity contribution in [2.45, 2.75) is 0 Å². The fourth-order valence-corrected chi connectivity index (χ4v) is 1.85. The Hall–Kier alpha value is -1.70. The number of nitrogens with one attached hydrogen (secondary N) is 1. The highest BCUT2D eigenvalue weighted by atomic mass is 32.2. The number of hydrogen-bond donors (Lipinski definition) is 2. The van der Waals surface area contributed by atoms with Crippen LogP contribution in [0.5, 0.6) is 0 Å². The standard InChI is InChI=1S/C8H7F2NO4S/c9-5-2-1-3-6(10)8(5)11-16(14,15)4-7(12)13/h1-3,11H,4H2,(H,12,13). The summed E-state index contributed by atoms with van der Waals surface area (Å²) in [6.07, 6.45) is 0. The topological polar surface area (TPSA) is 83.5 Å². The number of aliphatic carboxylic acids is 1. The molecule has 0 aliphatic heterocycles. The second kappa shape index (κ2) is 4.44. The Morgan fingerprint density at radius 1 is 1.31 bits per heavy atom. The van der Waals surface area contributed by atoms with Crippen LogP contribution in [0.4, 0.5) is 14.5 Å². The van der Waals surface area contributed by atoms with Crippen LogP contribution in [0.15, 0.2) is 18.2 Å². The molecule has 16 heavy (non-hydrogen) atoms. The predicted octanol–water partition coefficient (Wildman–Crippen LogP) is 0.791. The third-order valence-corrected chi connectivity index (χ3v) is 2.68. The van der Waals surface area contributed by atoms with Crippen LogP contribution >= 0.6 is 0 Å². The van der Waals surface area contributed by atoms with Crippen molar-refractivity contribution < 1.29 is 27.1 Å². The van der Waals surface area contributed by atoms with Crippen LogP contribution in [0.25, 0.3) is 0 Å². The molecule has 2 N–H and O–H groups in total. The highest BCUT2D eigenvalue weighted by molar-refractivity contribution is 7.93. The van der Waals surface area contributed by atoms with E-state index in [9.17, 15) is 22.0 Å². The van der Waals surface area contributed by atoms with Gasteiger partial charge in [0, 0.05) is 0 Å². The first-order valence-corrected chi connectivity index (χ1v) is 5.63. The van der Waals surface area contributed by atoms with Crippen LogP contribution in [0.3, 0.4) is 0 Å². The smallest absolute Gasteiger partial charge is 0.320 e. The summed E-state index contributed by atoms with van der Waals surface area (Å²) in [4.78, 5) is 10.2. The summed E-state index contributed by atoms with van der Waals surface area (Å²) in [5.41, 5.74) is -0.885. The Balaban J connectivity index is 3.01. The third-order valence-electron chi connectivity index (χ3n) is 1.53.